The largest absolute Gasteiger partial charge is 0.487 e. The van der Waals surface area contributed by atoms with Gasteiger partial charge in [-0.3, -0.25) is 4.79 Å². The smallest absolute Gasteiger partial charge is 0.420 e. The molecule has 0 radical (unpaired) electrons. The molecule has 3 aromatic rings. The van der Waals surface area contributed by atoms with E-state index in [1.54, 1.807) is 18.2 Å². The molecule has 0 bridgehead atoms. The molecule has 1 aromatic carbocycles. The van der Waals surface area contributed by atoms with Gasteiger partial charge in [-0.05, 0) is 48.9 Å². The lowest BCUT2D eigenvalue weighted by Gasteiger charge is -2.20. The Hall–Kier alpha value is -3.40. The highest BCUT2D eigenvalue weighted by atomic mass is 35.5. The van der Waals surface area contributed by atoms with Crippen LogP contribution in [0, 0.1) is 0 Å². The first-order valence-electron chi connectivity index (χ1n) is 9.63. The maximum Gasteiger partial charge on any atom is 0.487 e. The van der Waals surface area contributed by atoms with E-state index in [0.717, 1.165) is 0 Å². The van der Waals surface area contributed by atoms with Gasteiger partial charge in [0.15, 0.2) is 0 Å². The molecule has 1 N–H and O–H groups in total. The van der Waals surface area contributed by atoms with Gasteiger partial charge in [-0.15, -0.1) is 8.78 Å². The molecule has 1 atom stereocenters. The van der Waals surface area contributed by atoms with Gasteiger partial charge < -0.3 is 15.0 Å². The molecule has 1 aliphatic rings. The van der Waals surface area contributed by atoms with Gasteiger partial charge in [0, 0.05) is 41.8 Å². The highest BCUT2D eigenvalue weighted by Gasteiger charge is 2.28. The second-order valence-electron chi connectivity index (χ2n) is 7.06. The number of anilines is 2. The van der Waals surface area contributed by atoms with Gasteiger partial charge in [0.1, 0.15) is 17.7 Å². The Morgan fingerprint density at radius 2 is 2.03 bits per heavy atom. The van der Waals surface area contributed by atoms with Gasteiger partial charge in [-0.1, -0.05) is 0 Å². The van der Waals surface area contributed by atoms with Gasteiger partial charge in [0.2, 0.25) is 0 Å². The molecule has 0 unspecified atom stereocenters. The fourth-order valence-electron chi connectivity index (χ4n) is 3.32. The van der Waals surface area contributed by atoms with Crippen LogP contribution in [-0.2, 0) is 0 Å². The summed E-state index contributed by atoms with van der Waals surface area (Å²) in [5.41, 5.74) is -2.20. The summed E-state index contributed by atoms with van der Waals surface area (Å²) < 4.78 is 43.4. The number of nitrogens with one attached hydrogen (secondary N) is 1. The molecule has 11 heteroatoms. The van der Waals surface area contributed by atoms with E-state index in [4.69, 9.17) is 11.6 Å². The minimum absolute atomic E-state index is 0.157. The first-order chi connectivity index (χ1) is 15.3. The number of aromatic nitrogens is 3. The SMILES string of the molecule is O=C(Nc1ccc(OC(F)(F)Cl)cc1)c1cnc(N2CC[C@@H](F)C2)c(-c2cccnn2)c1. The number of benzene rings is 1. The highest BCUT2D eigenvalue weighted by molar-refractivity contribution is 6.20. The van der Waals surface area contributed by atoms with E-state index in [1.807, 2.05) is 4.90 Å². The van der Waals surface area contributed by atoms with Crippen LogP contribution >= 0.6 is 11.6 Å². The Morgan fingerprint density at radius 1 is 1.25 bits per heavy atom. The fraction of sp³-hybridized carbons (Fsp3) is 0.238. The minimum Gasteiger partial charge on any atom is -0.420 e. The molecule has 1 saturated heterocycles. The number of carbonyl (C=O) groups excluding carboxylic acids is 1. The third kappa shape index (κ3) is 5.25. The Balaban J connectivity index is 1.57. The van der Waals surface area contributed by atoms with E-state index in [9.17, 15) is 18.0 Å². The number of pyridine rings is 1. The van der Waals surface area contributed by atoms with Gasteiger partial charge in [0.25, 0.3) is 5.91 Å². The lowest BCUT2D eigenvalue weighted by molar-refractivity contribution is -0.0964. The summed E-state index contributed by atoms with van der Waals surface area (Å²) in [5.74, 6) is -0.114. The summed E-state index contributed by atoms with van der Waals surface area (Å²) in [7, 11) is 0. The third-order valence-corrected chi connectivity index (χ3v) is 4.83. The molecule has 0 aliphatic carbocycles. The van der Waals surface area contributed by atoms with Gasteiger partial charge in [-0.2, -0.15) is 10.2 Å². The monoisotopic (exact) mass is 463 g/mol. The number of amides is 1. The second kappa shape index (κ2) is 8.99. The molecule has 1 aliphatic heterocycles. The summed E-state index contributed by atoms with van der Waals surface area (Å²) in [4.78, 5) is 19.0. The van der Waals surface area contributed by atoms with Crippen LogP contribution in [0.3, 0.4) is 0 Å². The Labute approximate surface area is 186 Å². The molecule has 2 aromatic heterocycles. The van der Waals surface area contributed by atoms with E-state index < -0.39 is 17.6 Å². The number of hydrogen-bond acceptors (Lipinski definition) is 6. The number of alkyl halides is 4. The second-order valence-corrected chi connectivity index (χ2v) is 7.50. The number of hydrogen-bond donors (Lipinski definition) is 1. The van der Waals surface area contributed by atoms with Crippen molar-refractivity contribution in [3.63, 3.8) is 0 Å². The van der Waals surface area contributed by atoms with Gasteiger partial charge >= 0.3 is 5.57 Å². The summed E-state index contributed by atoms with van der Waals surface area (Å²) in [6.07, 6.45) is 2.37. The van der Waals surface area contributed by atoms with Gasteiger partial charge in [-0.25, -0.2) is 9.37 Å². The number of nitrogens with zero attached hydrogens (tertiary/aromatic N) is 4. The van der Waals surface area contributed by atoms with Crippen LogP contribution in [0.1, 0.15) is 16.8 Å². The van der Waals surface area contributed by atoms with Crippen molar-refractivity contribution in [3.8, 4) is 17.0 Å². The van der Waals surface area contributed by atoms with Crippen molar-refractivity contribution < 1.29 is 22.7 Å². The van der Waals surface area contributed by atoms with Gasteiger partial charge in [0.05, 0.1) is 17.8 Å². The number of rotatable bonds is 6. The predicted octanol–water partition coefficient (Wildman–Crippen LogP) is 4.51. The zero-order chi connectivity index (χ0) is 22.7. The average Bonchev–Trinajstić information content (AvgIpc) is 3.20. The van der Waals surface area contributed by atoms with Crippen molar-refractivity contribution in [2.75, 3.05) is 23.3 Å². The summed E-state index contributed by atoms with van der Waals surface area (Å²) in [5, 5.41) is 10.6. The van der Waals surface area contributed by atoms with Crippen LogP contribution in [0.15, 0.2) is 54.9 Å². The van der Waals surface area contributed by atoms with Crippen LogP contribution in [0.2, 0.25) is 0 Å². The zero-order valence-corrected chi connectivity index (χ0v) is 17.3. The molecule has 32 heavy (non-hydrogen) atoms. The van der Waals surface area contributed by atoms with E-state index >= 15 is 0 Å². The maximum atomic E-state index is 13.7. The fourth-order valence-corrected chi connectivity index (χ4v) is 3.41. The normalized spacial score (nSPS) is 16.1. The first-order valence-corrected chi connectivity index (χ1v) is 10.0. The number of carbonyl (C=O) groups is 1. The standard InChI is InChI=1S/C21H17ClF3N5O2/c22-21(24,25)32-16-5-3-15(4-6-16)28-20(31)13-10-17(18-2-1-8-27-29-18)19(26-11-13)30-9-7-14(23)12-30/h1-6,8,10-11,14H,7,9,12H2,(H,28,31)/t14-/m1/s1. The van der Waals surface area contributed by atoms with Crippen LogP contribution in [0.25, 0.3) is 11.3 Å². The average molecular weight is 464 g/mol. The lowest BCUT2D eigenvalue weighted by atomic mass is 10.1. The zero-order valence-electron chi connectivity index (χ0n) is 16.5. The predicted molar refractivity (Wildman–Crippen MR) is 113 cm³/mol. The minimum atomic E-state index is -3.83. The molecule has 166 valence electrons. The van der Waals surface area contributed by atoms with Crippen molar-refractivity contribution >= 4 is 29.0 Å². The summed E-state index contributed by atoms with van der Waals surface area (Å²) in [6.45, 7) is 0.713. The molecule has 4 rings (SSSR count). The van der Waals surface area contributed by atoms with E-state index in [-0.39, 0.29) is 17.9 Å². The quantitative estimate of drug-likeness (QED) is 0.542. The molecular formula is C21H17ClF3N5O2. The molecule has 0 saturated carbocycles. The van der Waals surface area contributed by atoms with Crippen molar-refractivity contribution in [3.05, 3.63) is 60.4 Å². The van der Waals surface area contributed by atoms with Crippen LogP contribution in [-0.4, -0.2) is 45.9 Å². The number of ether oxygens (including phenoxy) is 1. The first kappa shape index (κ1) is 21.8. The Bertz CT molecular complexity index is 1100. The van der Waals surface area contributed by atoms with E-state index in [0.29, 0.717) is 35.7 Å². The summed E-state index contributed by atoms with van der Waals surface area (Å²) in [6, 6.07) is 10.3. The van der Waals surface area contributed by atoms with Crippen molar-refractivity contribution in [1.82, 2.24) is 15.2 Å². The Morgan fingerprint density at radius 3 is 2.66 bits per heavy atom. The summed E-state index contributed by atoms with van der Waals surface area (Å²) >= 11 is 4.74. The molecule has 1 fully saturated rings. The van der Waals surface area contributed by atoms with Crippen molar-refractivity contribution in [2.24, 2.45) is 0 Å². The van der Waals surface area contributed by atoms with E-state index in [1.165, 1.54) is 36.7 Å². The van der Waals surface area contributed by atoms with E-state index in [2.05, 4.69) is 25.2 Å². The lowest BCUT2D eigenvalue weighted by Crippen LogP contribution is -2.23. The highest BCUT2D eigenvalue weighted by Crippen LogP contribution is 2.31. The number of halogens is 4. The topological polar surface area (TPSA) is 80.2 Å². The molecule has 7 nitrogen and oxygen atoms in total. The Kier molecular flexibility index (Phi) is 6.13. The van der Waals surface area contributed by atoms with Crippen LogP contribution in [0.4, 0.5) is 24.7 Å². The van der Waals surface area contributed by atoms with Crippen LogP contribution < -0.4 is 15.0 Å². The van der Waals surface area contributed by atoms with Crippen molar-refractivity contribution in [1.29, 1.82) is 0 Å². The van der Waals surface area contributed by atoms with Crippen molar-refractivity contribution in [2.45, 2.75) is 18.2 Å². The molecule has 1 amide bonds. The molecule has 0 spiro atoms. The molecule has 3 heterocycles. The third-order valence-electron chi connectivity index (χ3n) is 4.75. The molecular weight excluding hydrogens is 447 g/mol. The van der Waals surface area contributed by atoms with Crippen LogP contribution in [0.5, 0.6) is 5.75 Å². The maximum absolute atomic E-state index is 13.7.